The average Bonchev–Trinajstić information content (AvgIpc) is 3.21. The maximum atomic E-state index is 12.5. The fourth-order valence-corrected chi connectivity index (χ4v) is 2.61. The van der Waals surface area contributed by atoms with Gasteiger partial charge < -0.3 is 14.2 Å². The van der Waals surface area contributed by atoms with Crippen LogP contribution in [0, 0.1) is 6.92 Å². The lowest BCUT2D eigenvalue weighted by atomic mass is 10.2. The first-order valence-electron chi connectivity index (χ1n) is 7.31. The van der Waals surface area contributed by atoms with Crippen molar-refractivity contribution in [1.29, 1.82) is 0 Å². The second-order valence-corrected chi connectivity index (χ2v) is 6.10. The van der Waals surface area contributed by atoms with E-state index in [0.29, 0.717) is 11.3 Å². The van der Waals surface area contributed by atoms with Crippen LogP contribution >= 0.6 is 11.8 Å². The number of nitrogens with zero attached hydrogens (tertiary/aromatic N) is 2. The van der Waals surface area contributed by atoms with E-state index in [0.717, 1.165) is 23.9 Å². The van der Waals surface area contributed by atoms with Gasteiger partial charge in [0, 0.05) is 5.69 Å². The molecule has 3 rings (SSSR count). The highest BCUT2D eigenvalue weighted by molar-refractivity contribution is 7.99. The van der Waals surface area contributed by atoms with Gasteiger partial charge in [0.05, 0.1) is 23.1 Å². The molecule has 3 aromatic rings. The third kappa shape index (κ3) is 4.26. The van der Waals surface area contributed by atoms with Crippen LogP contribution in [-0.2, 0) is 11.0 Å². The zero-order valence-corrected chi connectivity index (χ0v) is 14.1. The van der Waals surface area contributed by atoms with E-state index in [1.807, 2.05) is 0 Å². The van der Waals surface area contributed by atoms with E-state index in [4.69, 9.17) is 8.83 Å². The number of alkyl halides is 3. The number of anilines is 1. The van der Waals surface area contributed by atoms with Gasteiger partial charge in [0.25, 0.3) is 11.1 Å². The molecule has 2 heterocycles. The van der Waals surface area contributed by atoms with Crippen molar-refractivity contribution < 1.29 is 26.8 Å². The van der Waals surface area contributed by atoms with Gasteiger partial charge in [-0.05, 0) is 37.3 Å². The summed E-state index contributed by atoms with van der Waals surface area (Å²) in [6.07, 6.45) is -2.92. The van der Waals surface area contributed by atoms with Crippen molar-refractivity contribution in [3.63, 3.8) is 0 Å². The highest BCUT2D eigenvalue weighted by Gasteiger charge is 2.30. The minimum Gasteiger partial charge on any atom is -0.469 e. The van der Waals surface area contributed by atoms with Gasteiger partial charge >= 0.3 is 6.18 Å². The standard InChI is InChI=1S/C16H12F3N3O3S/c1-9-12(6-7-24-9)14-21-22-15(25-14)26-8-13(23)20-11-4-2-10(3-5-11)16(17,18)19/h2-7H,8H2,1H3,(H,20,23). The SMILES string of the molecule is Cc1occc1-c1nnc(SCC(=O)Nc2ccc(C(F)(F)F)cc2)o1. The number of furan rings is 1. The van der Waals surface area contributed by atoms with Gasteiger partial charge in [0.15, 0.2) is 0 Å². The van der Waals surface area contributed by atoms with Crippen LogP contribution in [0.2, 0.25) is 0 Å². The van der Waals surface area contributed by atoms with Crippen LogP contribution in [0.1, 0.15) is 11.3 Å². The molecule has 0 unspecified atom stereocenters. The summed E-state index contributed by atoms with van der Waals surface area (Å²) in [7, 11) is 0. The van der Waals surface area contributed by atoms with Crippen LogP contribution in [0.15, 0.2) is 50.7 Å². The molecule has 0 saturated heterocycles. The van der Waals surface area contributed by atoms with Crippen molar-refractivity contribution in [3.05, 3.63) is 47.9 Å². The highest BCUT2D eigenvalue weighted by Crippen LogP contribution is 2.30. The van der Waals surface area contributed by atoms with Crippen LogP contribution in [0.25, 0.3) is 11.5 Å². The molecule has 1 aromatic carbocycles. The Morgan fingerprint density at radius 2 is 1.92 bits per heavy atom. The predicted molar refractivity (Wildman–Crippen MR) is 87.5 cm³/mol. The molecule has 10 heteroatoms. The molecule has 1 N–H and O–H groups in total. The second-order valence-electron chi connectivity index (χ2n) is 5.18. The molecule has 0 aliphatic heterocycles. The largest absolute Gasteiger partial charge is 0.469 e. The molecule has 6 nitrogen and oxygen atoms in total. The number of aromatic nitrogens is 2. The average molecular weight is 383 g/mol. The van der Waals surface area contributed by atoms with Gasteiger partial charge in [-0.3, -0.25) is 4.79 Å². The Bertz CT molecular complexity index is 903. The van der Waals surface area contributed by atoms with Gasteiger partial charge in [-0.15, -0.1) is 10.2 Å². The molecule has 0 bridgehead atoms. The zero-order valence-electron chi connectivity index (χ0n) is 13.3. The predicted octanol–water partition coefficient (Wildman–Crippen LogP) is 4.39. The van der Waals surface area contributed by atoms with E-state index in [9.17, 15) is 18.0 Å². The number of hydrogen-bond acceptors (Lipinski definition) is 6. The Balaban J connectivity index is 1.55. The number of carbonyl (C=O) groups excluding carboxylic acids is 1. The van der Waals surface area contributed by atoms with Crippen LogP contribution < -0.4 is 5.32 Å². The fraction of sp³-hybridized carbons (Fsp3) is 0.188. The summed E-state index contributed by atoms with van der Waals surface area (Å²) in [6, 6.07) is 5.88. The van der Waals surface area contributed by atoms with Crippen LogP contribution in [0.3, 0.4) is 0 Å². The van der Waals surface area contributed by atoms with E-state index in [2.05, 4.69) is 15.5 Å². The normalized spacial score (nSPS) is 11.5. The smallest absolute Gasteiger partial charge is 0.416 e. The van der Waals surface area contributed by atoms with E-state index >= 15 is 0 Å². The van der Waals surface area contributed by atoms with Gasteiger partial charge in [0.1, 0.15) is 5.76 Å². The Hall–Kier alpha value is -2.75. The third-order valence-corrected chi connectivity index (χ3v) is 4.14. The molecule has 0 aliphatic carbocycles. The maximum absolute atomic E-state index is 12.5. The van der Waals surface area contributed by atoms with Gasteiger partial charge in [-0.25, -0.2) is 0 Å². The molecule has 0 atom stereocenters. The van der Waals surface area contributed by atoms with E-state index < -0.39 is 17.6 Å². The molecular formula is C16H12F3N3O3S. The lowest BCUT2D eigenvalue weighted by molar-refractivity contribution is -0.137. The summed E-state index contributed by atoms with van der Waals surface area (Å²) in [5.74, 6) is 0.466. The Morgan fingerprint density at radius 1 is 1.19 bits per heavy atom. The first-order chi connectivity index (χ1) is 12.3. The van der Waals surface area contributed by atoms with Crippen LogP contribution in [0.4, 0.5) is 18.9 Å². The number of carbonyl (C=O) groups is 1. The van der Waals surface area contributed by atoms with E-state index in [1.54, 1.807) is 13.0 Å². The number of aryl methyl sites for hydroxylation is 1. The quantitative estimate of drug-likeness (QED) is 0.658. The number of hydrogen-bond donors (Lipinski definition) is 1. The van der Waals surface area contributed by atoms with Crippen molar-refractivity contribution in [1.82, 2.24) is 10.2 Å². The van der Waals surface area contributed by atoms with Crippen molar-refractivity contribution in [2.75, 3.05) is 11.1 Å². The van der Waals surface area contributed by atoms with Gasteiger partial charge in [0.2, 0.25) is 5.91 Å². The molecule has 1 amide bonds. The Kier molecular flexibility index (Phi) is 5.03. The number of thioether (sulfide) groups is 1. The topological polar surface area (TPSA) is 81.2 Å². The number of halogens is 3. The molecule has 26 heavy (non-hydrogen) atoms. The summed E-state index contributed by atoms with van der Waals surface area (Å²) < 4.78 is 48.1. The molecular weight excluding hydrogens is 371 g/mol. The lowest BCUT2D eigenvalue weighted by Crippen LogP contribution is -2.14. The molecule has 136 valence electrons. The van der Waals surface area contributed by atoms with Crippen LogP contribution in [-0.4, -0.2) is 21.9 Å². The minimum atomic E-state index is -4.42. The van der Waals surface area contributed by atoms with Crippen molar-refractivity contribution in [2.45, 2.75) is 18.3 Å². The monoisotopic (exact) mass is 383 g/mol. The summed E-state index contributed by atoms with van der Waals surface area (Å²) in [5, 5.41) is 10.4. The zero-order chi connectivity index (χ0) is 18.7. The van der Waals surface area contributed by atoms with E-state index in [-0.39, 0.29) is 22.6 Å². The molecule has 0 fully saturated rings. The summed E-state index contributed by atoms with van der Waals surface area (Å²) >= 11 is 1.02. The molecule has 2 aromatic heterocycles. The van der Waals surface area contributed by atoms with Gasteiger partial charge in [-0.1, -0.05) is 11.8 Å². The van der Waals surface area contributed by atoms with Crippen LogP contribution in [0.5, 0.6) is 0 Å². The van der Waals surface area contributed by atoms with Crippen molar-refractivity contribution in [2.24, 2.45) is 0 Å². The molecule has 0 aliphatic rings. The first-order valence-corrected chi connectivity index (χ1v) is 8.29. The minimum absolute atomic E-state index is 0.0347. The number of nitrogens with one attached hydrogen (secondary N) is 1. The number of benzene rings is 1. The number of amides is 1. The van der Waals surface area contributed by atoms with Crippen molar-refractivity contribution in [3.8, 4) is 11.5 Å². The summed E-state index contributed by atoms with van der Waals surface area (Å²) in [6.45, 7) is 1.75. The Labute approximate surface area is 149 Å². The lowest BCUT2D eigenvalue weighted by Gasteiger charge is -2.08. The van der Waals surface area contributed by atoms with Gasteiger partial charge in [-0.2, -0.15) is 13.2 Å². The third-order valence-electron chi connectivity index (χ3n) is 3.32. The van der Waals surface area contributed by atoms with Crippen molar-refractivity contribution >= 4 is 23.4 Å². The molecule has 0 radical (unpaired) electrons. The fourth-order valence-electron chi connectivity index (χ4n) is 2.05. The molecule has 0 spiro atoms. The summed E-state index contributed by atoms with van der Waals surface area (Å²) in [4.78, 5) is 11.9. The number of rotatable bonds is 5. The summed E-state index contributed by atoms with van der Waals surface area (Å²) in [5.41, 5.74) is 0.153. The maximum Gasteiger partial charge on any atom is 0.416 e. The first kappa shape index (κ1) is 18.1. The second kappa shape index (κ2) is 7.24. The van der Waals surface area contributed by atoms with E-state index in [1.165, 1.54) is 18.4 Å². The Morgan fingerprint density at radius 3 is 2.54 bits per heavy atom. The highest BCUT2D eigenvalue weighted by atomic mass is 32.2. The molecule has 0 saturated carbocycles.